The van der Waals surface area contributed by atoms with Crippen LogP contribution in [0.2, 0.25) is 0 Å². The van der Waals surface area contributed by atoms with Gasteiger partial charge in [0.15, 0.2) is 0 Å². The van der Waals surface area contributed by atoms with E-state index in [0.717, 1.165) is 16.6 Å². The van der Waals surface area contributed by atoms with Crippen molar-refractivity contribution >= 4 is 28.3 Å². The molecule has 0 saturated carbocycles. The minimum Gasteiger partial charge on any atom is -0.382 e. The average Bonchev–Trinajstić information content (AvgIpc) is 2.83. The first-order valence-corrected chi connectivity index (χ1v) is 6.14. The van der Waals surface area contributed by atoms with Gasteiger partial charge in [-0.05, 0) is 30.3 Å². The van der Waals surface area contributed by atoms with Gasteiger partial charge in [-0.25, -0.2) is 0 Å². The van der Waals surface area contributed by atoms with E-state index in [0.29, 0.717) is 5.82 Å². The van der Waals surface area contributed by atoms with Gasteiger partial charge in [0, 0.05) is 23.5 Å². The van der Waals surface area contributed by atoms with Gasteiger partial charge in [0.2, 0.25) is 5.91 Å². The smallest absolute Gasteiger partial charge is 0.246 e. The quantitative estimate of drug-likeness (QED) is 0.755. The molecule has 6 nitrogen and oxygen atoms in total. The number of nitrogen functional groups attached to an aromatic ring is 1. The van der Waals surface area contributed by atoms with Crippen molar-refractivity contribution in [1.82, 2.24) is 14.8 Å². The zero-order chi connectivity index (χ0) is 13.9. The van der Waals surface area contributed by atoms with Crippen LogP contribution in [0.25, 0.3) is 10.9 Å². The Bertz CT molecular complexity index is 765. The third-order valence-corrected chi connectivity index (χ3v) is 2.85. The second-order valence-corrected chi connectivity index (χ2v) is 4.40. The van der Waals surface area contributed by atoms with Gasteiger partial charge < -0.3 is 11.1 Å². The van der Waals surface area contributed by atoms with Crippen molar-refractivity contribution in [2.45, 2.75) is 6.54 Å². The summed E-state index contributed by atoms with van der Waals surface area (Å²) in [5.74, 6) is 0.242. The van der Waals surface area contributed by atoms with E-state index in [-0.39, 0.29) is 12.5 Å². The summed E-state index contributed by atoms with van der Waals surface area (Å²) in [6.45, 7) is 0.127. The first kappa shape index (κ1) is 12.2. The lowest BCUT2D eigenvalue weighted by atomic mass is 10.2. The second-order valence-electron chi connectivity index (χ2n) is 4.40. The summed E-state index contributed by atoms with van der Waals surface area (Å²) in [4.78, 5) is 16.1. The highest BCUT2D eigenvalue weighted by Crippen LogP contribution is 2.16. The summed E-state index contributed by atoms with van der Waals surface area (Å²) in [5, 5.41) is 7.77. The third kappa shape index (κ3) is 2.59. The Hall–Kier alpha value is -2.89. The fourth-order valence-corrected chi connectivity index (χ4v) is 1.97. The topological polar surface area (TPSA) is 85.8 Å². The molecule has 2 aromatic heterocycles. The molecule has 1 amide bonds. The maximum absolute atomic E-state index is 11.9. The van der Waals surface area contributed by atoms with Crippen LogP contribution in [0.15, 0.2) is 48.8 Å². The molecule has 3 N–H and O–H groups in total. The summed E-state index contributed by atoms with van der Waals surface area (Å²) >= 11 is 0. The first-order chi connectivity index (χ1) is 9.70. The highest BCUT2D eigenvalue weighted by molar-refractivity contribution is 5.93. The van der Waals surface area contributed by atoms with E-state index in [2.05, 4.69) is 15.4 Å². The number of benzene rings is 1. The fourth-order valence-electron chi connectivity index (χ4n) is 1.97. The number of nitrogens with zero attached hydrogens (tertiary/aromatic N) is 3. The number of hydrogen-bond acceptors (Lipinski definition) is 4. The predicted molar refractivity (Wildman–Crippen MR) is 77.0 cm³/mol. The number of carbonyl (C=O) groups excluding carboxylic acids is 1. The Morgan fingerprint density at radius 2 is 2.20 bits per heavy atom. The Morgan fingerprint density at radius 3 is 3.00 bits per heavy atom. The van der Waals surface area contributed by atoms with Crippen molar-refractivity contribution in [2.75, 3.05) is 11.1 Å². The first-order valence-electron chi connectivity index (χ1n) is 6.14. The Labute approximate surface area is 115 Å². The summed E-state index contributed by atoms with van der Waals surface area (Å²) in [7, 11) is 0. The molecule has 6 heteroatoms. The van der Waals surface area contributed by atoms with Crippen LogP contribution < -0.4 is 11.1 Å². The van der Waals surface area contributed by atoms with E-state index in [1.54, 1.807) is 18.5 Å². The molecular formula is C14H13N5O. The van der Waals surface area contributed by atoms with Gasteiger partial charge in [-0.15, -0.1) is 0 Å². The summed E-state index contributed by atoms with van der Waals surface area (Å²) in [6.07, 6.45) is 3.40. The number of rotatable bonds is 3. The zero-order valence-corrected chi connectivity index (χ0v) is 10.7. The molecular weight excluding hydrogens is 254 g/mol. The van der Waals surface area contributed by atoms with Crippen molar-refractivity contribution in [3.63, 3.8) is 0 Å². The van der Waals surface area contributed by atoms with Crippen LogP contribution in [0, 0.1) is 0 Å². The van der Waals surface area contributed by atoms with Crippen molar-refractivity contribution < 1.29 is 4.79 Å². The number of hydrogen-bond donors (Lipinski definition) is 2. The highest BCUT2D eigenvalue weighted by Gasteiger charge is 2.05. The summed E-state index contributed by atoms with van der Waals surface area (Å²) in [6, 6.07) is 11.0. The van der Waals surface area contributed by atoms with Crippen molar-refractivity contribution in [2.24, 2.45) is 0 Å². The molecule has 100 valence electrons. The predicted octanol–water partition coefficient (Wildman–Crippen LogP) is 1.65. The maximum atomic E-state index is 11.9. The van der Waals surface area contributed by atoms with Gasteiger partial charge in [-0.1, -0.05) is 6.07 Å². The van der Waals surface area contributed by atoms with E-state index < -0.39 is 0 Å². The Morgan fingerprint density at radius 1 is 1.30 bits per heavy atom. The van der Waals surface area contributed by atoms with E-state index in [4.69, 9.17) is 5.73 Å². The molecule has 2 heterocycles. The van der Waals surface area contributed by atoms with Crippen molar-refractivity contribution in [1.29, 1.82) is 0 Å². The molecule has 1 aromatic carbocycles. The Balaban J connectivity index is 1.73. The molecule has 0 radical (unpaired) electrons. The van der Waals surface area contributed by atoms with E-state index >= 15 is 0 Å². The summed E-state index contributed by atoms with van der Waals surface area (Å²) in [5.41, 5.74) is 7.12. The molecule has 0 aliphatic rings. The Kier molecular flexibility index (Phi) is 3.04. The van der Waals surface area contributed by atoms with Crippen molar-refractivity contribution in [3.05, 3.63) is 48.8 Å². The largest absolute Gasteiger partial charge is 0.382 e. The van der Waals surface area contributed by atoms with Crippen LogP contribution in [0.3, 0.4) is 0 Å². The molecule has 3 aromatic rings. The normalized spacial score (nSPS) is 10.6. The number of pyridine rings is 1. The van der Waals surface area contributed by atoms with E-state index in [1.807, 2.05) is 30.3 Å². The summed E-state index contributed by atoms with van der Waals surface area (Å²) < 4.78 is 1.49. The average molecular weight is 267 g/mol. The van der Waals surface area contributed by atoms with Crippen LogP contribution >= 0.6 is 0 Å². The molecule has 20 heavy (non-hydrogen) atoms. The lowest BCUT2D eigenvalue weighted by molar-refractivity contribution is -0.116. The molecule has 0 aliphatic carbocycles. The van der Waals surface area contributed by atoms with Gasteiger partial charge in [-0.2, -0.15) is 5.10 Å². The standard InChI is InChI=1S/C14H13N5O/c15-13-5-7-19(18-13)9-14(20)17-11-3-4-12-10(8-11)2-1-6-16-12/h1-8H,9H2,(H2,15,18)(H,17,20). The number of carbonyl (C=O) groups is 1. The molecule has 0 saturated heterocycles. The van der Waals surface area contributed by atoms with Gasteiger partial charge in [0.05, 0.1) is 5.52 Å². The lowest BCUT2D eigenvalue weighted by Gasteiger charge is -2.06. The molecule has 0 bridgehead atoms. The highest BCUT2D eigenvalue weighted by atomic mass is 16.2. The fraction of sp³-hybridized carbons (Fsp3) is 0.0714. The van der Waals surface area contributed by atoms with Crippen LogP contribution in [-0.4, -0.2) is 20.7 Å². The monoisotopic (exact) mass is 267 g/mol. The third-order valence-electron chi connectivity index (χ3n) is 2.85. The molecule has 0 spiro atoms. The SMILES string of the molecule is Nc1ccn(CC(=O)Nc2ccc3ncccc3c2)n1. The number of anilines is 2. The number of nitrogens with one attached hydrogen (secondary N) is 1. The minimum absolute atomic E-state index is 0.127. The molecule has 0 aliphatic heterocycles. The van der Waals surface area contributed by atoms with E-state index in [1.165, 1.54) is 4.68 Å². The van der Waals surface area contributed by atoms with Crippen LogP contribution in [0.4, 0.5) is 11.5 Å². The van der Waals surface area contributed by atoms with Crippen LogP contribution in [0.5, 0.6) is 0 Å². The molecule has 0 fully saturated rings. The number of nitrogens with two attached hydrogens (primary N) is 1. The number of amides is 1. The van der Waals surface area contributed by atoms with Crippen LogP contribution in [0.1, 0.15) is 0 Å². The zero-order valence-electron chi connectivity index (χ0n) is 10.7. The number of fused-ring (bicyclic) bond motifs is 1. The number of aromatic nitrogens is 3. The second kappa shape index (κ2) is 5.00. The maximum Gasteiger partial charge on any atom is 0.246 e. The van der Waals surface area contributed by atoms with Gasteiger partial charge in [0.25, 0.3) is 0 Å². The molecule has 0 atom stereocenters. The van der Waals surface area contributed by atoms with Gasteiger partial charge in [-0.3, -0.25) is 14.5 Å². The lowest BCUT2D eigenvalue weighted by Crippen LogP contribution is -2.19. The molecule has 0 unspecified atom stereocenters. The van der Waals surface area contributed by atoms with Gasteiger partial charge >= 0.3 is 0 Å². The minimum atomic E-state index is -0.156. The molecule has 3 rings (SSSR count). The van der Waals surface area contributed by atoms with Gasteiger partial charge in [0.1, 0.15) is 12.4 Å². The van der Waals surface area contributed by atoms with E-state index in [9.17, 15) is 4.79 Å². The van der Waals surface area contributed by atoms with Crippen LogP contribution in [-0.2, 0) is 11.3 Å². The van der Waals surface area contributed by atoms with Crippen molar-refractivity contribution in [3.8, 4) is 0 Å².